The van der Waals surface area contributed by atoms with Crippen molar-refractivity contribution in [2.45, 2.75) is 31.7 Å². The molecule has 1 fully saturated rings. The van der Waals surface area contributed by atoms with E-state index >= 15 is 0 Å². The molecule has 2 N–H and O–H groups in total. The predicted molar refractivity (Wildman–Crippen MR) is 101 cm³/mol. The topological polar surface area (TPSA) is 52.6 Å². The van der Waals surface area contributed by atoms with Crippen LogP contribution < -0.4 is 10.2 Å². The number of hydrogen-bond donors (Lipinski definition) is 2. The molecule has 0 spiro atoms. The second kappa shape index (κ2) is 8.67. The fraction of sp³-hybridized carbons (Fsp3) is 0.381. The molecule has 0 bridgehead atoms. The monoisotopic (exact) mass is 338 g/mol. The molecule has 1 unspecified atom stereocenters. The molecule has 1 saturated heterocycles. The highest BCUT2D eigenvalue weighted by molar-refractivity contribution is 5.94. The predicted octanol–water partition coefficient (Wildman–Crippen LogP) is 3.01. The van der Waals surface area contributed by atoms with Crippen molar-refractivity contribution in [1.29, 1.82) is 0 Å². The lowest BCUT2D eigenvalue weighted by molar-refractivity contribution is 0.0916. The lowest BCUT2D eigenvalue weighted by Crippen LogP contribution is -2.39. The number of nitrogens with zero attached hydrogens (tertiary/aromatic N) is 1. The number of carbonyl (C=O) groups excluding carboxylic acids is 1. The van der Waals surface area contributed by atoms with Gasteiger partial charge in [0.25, 0.3) is 5.91 Å². The Morgan fingerprint density at radius 1 is 1.00 bits per heavy atom. The number of carbonyl (C=O) groups is 1. The molecule has 4 heteroatoms. The smallest absolute Gasteiger partial charge is 0.251 e. The van der Waals surface area contributed by atoms with Crippen LogP contribution in [0.15, 0.2) is 54.6 Å². The summed E-state index contributed by atoms with van der Waals surface area (Å²) in [5.74, 6) is -0.139. The van der Waals surface area contributed by atoms with E-state index < -0.39 is 0 Å². The van der Waals surface area contributed by atoms with E-state index in [1.165, 1.54) is 24.9 Å². The number of nitrogens with one attached hydrogen (secondary N) is 1. The van der Waals surface area contributed by atoms with Crippen LogP contribution in [0.1, 0.15) is 35.2 Å². The quantitative estimate of drug-likeness (QED) is 0.851. The van der Waals surface area contributed by atoms with Crippen molar-refractivity contribution in [3.63, 3.8) is 0 Å². The summed E-state index contributed by atoms with van der Waals surface area (Å²) in [6, 6.07) is 17.4. The molecule has 1 atom stereocenters. The first-order chi connectivity index (χ1) is 12.3. The van der Waals surface area contributed by atoms with Crippen LogP contribution in [0.2, 0.25) is 0 Å². The van der Waals surface area contributed by atoms with Crippen LogP contribution in [0.25, 0.3) is 0 Å². The number of piperidine rings is 1. The van der Waals surface area contributed by atoms with Crippen LogP contribution in [0.4, 0.5) is 5.69 Å². The number of aliphatic hydroxyl groups is 1. The molecule has 1 aliphatic rings. The summed E-state index contributed by atoms with van der Waals surface area (Å²) in [6.07, 6.45) is 4.40. The first kappa shape index (κ1) is 17.5. The SMILES string of the molecule is O=C(NC(CO)Cc1ccccc1)c1ccc(N2CCCCC2)cc1. The molecule has 0 saturated carbocycles. The molecule has 4 nitrogen and oxygen atoms in total. The maximum Gasteiger partial charge on any atom is 0.251 e. The Morgan fingerprint density at radius 3 is 2.32 bits per heavy atom. The summed E-state index contributed by atoms with van der Waals surface area (Å²) in [5.41, 5.74) is 2.91. The fourth-order valence-electron chi connectivity index (χ4n) is 3.30. The van der Waals surface area contributed by atoms with E-state index in [1.807, 2.05) is 54.6 Å². The zero-order chi connectivity index (χ0) is 17.5. The van der Waals surface area contributed by atoms with E-state index in [2.05, 4.69) is 10.2 Å². The van der Waals surface area contributed by atoms with Gasteiger partial charge in [0.2, 0.25) is 0 Å². The van der Waals surface area contributed by atoms with Crippen molar-refractivity contribution >= 4 is 11.6 Å². The molecule has 1 aliphatic heterocycles. The Bertz CT molecular complexity index is 664. The maximum atomic E-state index is 12.5. The Kier molecular flexibility index (Phi) is 6.07. The van der Waals surface area contributed by atoms with E-state index in [4.69, 9.17) is 0 Å². The lowest BCUT2D eigenvalue weighted by atomic mass is 10.1. The zero-order valence-electron chi connectivity index (χ0n) is 14.5. The second-order valence-corrected chi connectivity index (χ2v) is 6.64. The molecule has 1 heterocycles. The Morgan fingerprint density at radius 2 is 1.68 bits per heavy atom. The number of amides is 1. The molecule has 1 amide bonds. The molecular weight excluding hydrogens is 312 g/mol. The fourth-order valence-corrected chi connectivity index (χ4v) is 3.30. The Hall–Kier alpha value is -2.33. The average Bonchev–Trinajstić information content (AvgIpc) is 2.69. The van der Waals surface area contributed by atoms with Gasteiger partial charge in [-0.05, 0) is 55.5 Å². The summed E-state index contributed by atoms with van der Waals surface area (Å²) in [6.45, 7) is 2.11. The van der Waals surface area contributed by atoms with Crippen LogP contribution in [-0.4, -0.2) is 36.8 Å². The van der Waals surface area contributed by atoms with Gasteiger partial charge in [-0.3, -0.25) is 4.79 Å². The highest BCUT2D eigenvalue weighted by Crippen LogP contribution is 2.20. The Balaban J connectivity index is 1.59. The van der Waals surface area contributed by atoms with E-state index in [-0.39, 0.29) is 18.6 Å². The minimum Gasteiger partial charge on any atom is -0.394 e. The molecule has 2 aromatic rings. The summed E-state index contributed by atoms with van der Waals surface area (Å²) in [5, 5.41) is 12.5. The van der Waals surface area contributed by atoms with E-state index in [0.29, 0.717) is 12.0 Å². The molecule has 3 rings (SSSR count). The number of hydrogen-bond acceptors (Lipinski definition) is 3. The maximum absolute atomic E-state index is 12.5. The summed E-state index contributed by atoms with van der Waals surface area (Å²) < 4.78 is 0. The molecular formula is C21H26N2O2. The minimum absolute atomic E-state index is 0.0769. The first-order valence-corrected chi connectivity index (χ1v) is 9.07. The van der Waals surface area contributed by atoms with Gasteiger partial charge in [0.1, 0.15) is 0 Å². The van der Waals surface area contributed by atoms with Gasteiger partial charge in [0, 0.05) is 24.3 Å². The van der Waals surface area contributed by atoms with Crippen LogP contribution in [0.5, 0.6) is 0 Å². The third-order valence-corrected chi connectivity index (χ3v) is 4.73. The molecule has 0 aliphatic carbocycles. The summed E-state index contributed by atoms with van der Waals surface area (Å²) in [7, 11) is 0. The van der Waals surface area contributed by atoms with Gasteiger partial charge in [0.05, 0.1) is 12.6 Å². The Labute approximate surface area is 149 Å². The third-order valence-electron chi connectivity index (χ3n) is 4.73. The molecule has 0 aromatic heterocycles. The van der Waals surface area contributed by atoms with E-state index in [0.717, 1.165) is 18.7 Å². The highest BCUT2D eigenvalue weighted by Gasteiger charge is 2.15. The number of aliphatic hydroxyl groups excluding tert-OH is 1. The highest BCUT2D eigenvalue weighted by atomic mass is 16.3. The molecule has 0 radical (unpaired) electrons. The van der Waals surface area contributed by atoms with Crippen LogP contribution >= 0.6 is 0 Å². The van der Waals surface area contributed by atoms with Crippen LogP contribution in [-0.2, 0) is 6.42 Å². The first-order valence-electron chi connectivity index (χ1n) is 9.07. The van der Waals surface area contributed by atoms with Crippen molar-refractivity contribution in [1.82, 2.24) is 5.32 Å². The average molecular weight is 338 g/mol. The number of anilines is 1. The molecule has 132 valence electrons. The standard InChI is InChI=1S/C21H26N2O2/c24-16-19(15-17-7-3-1-4-8-17)22-21(25)18-9-11-20(12-10-18)23-13-5-2-6-14-23/h1,3-4,7-12,19,24H,2,5-6,13-16H2,(H,22,25). The van der Waals surface area contributed by atoms with E-state index in [1.54, 1.807) is 0 Å². The normalized spacial score (nSPS) is 15.6. The summed E-state index contributed by atoms with van der Waals surface area (Å²) >= 11 is 0. The van der Waals surface area contributed by atoms with Gasteiger partial charge in [-0.1, -0.05) is 30.3 Å². The van der Waals surface area contributed by atoms with Gasteiger partial charge in [-0.15, -0.1) is 0 Å². The van der Waals surface area contributed by atoms with Gasteiger partial charge in [0.15, 0.2) is 0 Å². The van der Waals surface area contributed by atoms with Crippen molar-refractivity contribution in [2.75, 3.05) is 24.6 Å². The van der Waals surface area contributed by atoms with Crippen molar-refractivity contribution in [3.8, 4) is 0 Å². The molecule has 25 heavy (non-hydrogen) atoms. The van der Waals surface area contributed by atoms with Gasteiger partial charge < -0.3 is 15.3 Å². The largest absolute Gasteiger partial charge is 0.394 e. The van der Waals surface area contributed by atoms with Crippen LogP contribution in [0, 0.1) is 0 Å². The van der Waals surface area contributed by atoms with Crippen molar-refractivity contribution < 1.29 is 9.90 Å². The zero-order valence-corrected chi connectivity index (χ0v) is 14.5. The summed E-state index contributed by atoms with van der Waals surface area (Å²) in [4.78, 5) is 14.8. The van der Waals surface area contributed by atoms with Gasteiger partial charge in [-0.2, -0.15) is 0 Å². The van der Waals surface area contributed by atoms with Gasteiger partial charge >= 0.3 is 0 Å². The third kappa shape index (κ3) is 4.83. The van der Waals surface area contributed by atoms with E-state index in [9.17, 15) is 9.90 Å². The lowest BCUT2D eigenvalue weighted by Gasteiger charge is -2.28. The van der Waals surface area contributed by atoms with Crippen molar-refractivity contribution in [3.05, 3.63) is 65.7 Å². The molecule has 2 aromatic carbocycles. The minimum atomic E-state index is -0.281. The number of benzene rings is 2. The van der Waals surface area contributed by atoms with Gasteiger partial charge in [-0.25, -0.2) is 0 Å². The van der Waals surface area contributed by atoms with Crippen LogP contribution in [0.3, 0.4) is 0 Å². The second-order valence-electron chi connectivity index (χ2n) is 6.64. The van der Waals surface area contributed by atoms with Crippen molar-refractivity contribution in [2.24, 2.45) is 0 Å². The number of rotatable bonds is 6.